The van der Waals surface area contributed by atoms with Gasteiger partial charge in [0.05, 0.1) is 10.1 Å². The molecule has 1 aliphatic carbocycles. The fraction of sp³-hybridized carbons (Fsp3) is 0.625. The van der Waals surface area contributed by atoms with E-state index in [4.69, 9.17) is 0 Å². The van der Waals surface area contributed by atoms with Crippen LogP contribution in [-0.4, -0.2) is 26.3 Å². The summed E-state index contributed by atoms with van der Waals surface area (Å²) < 4.78 is 25.9. The van der Waals surface area contributed by atoms with Crippen molar-refractivity contribution < 1.29 is 8.42 Å². The molecule has 2 atom stereocenters. The van der Waals surface area contributed by atoms with Crippen LogP contribution in [-0.2, 0) is 9.84 Å². The van der Waals surface area contributed by atoms with E-state index in [0.29, 0.717) is 4.90 Å². The average molecular weight is 295 g/mol. The largest absolute Gasteiger partial charge is 0.313 e. The van der Waals surface area contributed by atoms with Crippen LogP contribution in [0.1, 0.15) is 43.7 Å². The monoisotopic (exact) mass is 295 g/mol. The van der Waals surface area contributed by atoms with Crippen LogP contribution < -0.4 is 5.32 Å². The van der Waals surface area contributed by atoms with Crippen LogP contribution in [0.25, 0.3) is 0 Å². The molecule has 20 heavy (non-hydrogen) atoms. The van der Waals surface area contributed by atoms with E-state index in [2.05, 4.69) is 5.32 Å². The van der Waals surface area contributed by atoms with Crippen molar-refractivity contribution in [3.63, 3.8) is 0 Å². The summed E-state index contributed by atoms with van der Waals surface area (Å²) in [7, 11) is -3.24. The summed E-state index contributed by atoms with van der Waals surface area (Å²) in [6.45, 7) is 6.75. The third-order valence-electron chi connectivity index (χ3n) is 4.20. The van der Waals surface area contributed by atoms with E-state index in [-0.39, 0.29) is 11.3 Å². The van der Waals surface area contributed by atoms with Gasteiger partial charge in [0.2, 0.25) is 0 Å². The Labute approximate surface area is 122 Å². The number of benzene rings is 1. The first kappa shape index (κ1) is 15.5. The number of sulfone groups is 1. The van der Waals surface area contributed by atoms with E-state index in [0.717, 1.165) is 43.4 Å². The Morgan fingerprint density at radius 1 is 1.20 bits per heavy atom. The molecule has 1 saturated carbocycles. The summed E-state index contributed by atoms with van der Waals surface area (Å²) in [5, 5.41) is 3.08. The average Bonchev–Trinajstić information content (AvgIpc) is 2.39. The van der Waals surface area contributed by atoms with Crippen molar-refractivity contribution in [2.45, 2.75) is 62.6 Å². The predicted octanol–water partition coefficient (Wildman–Crippen LogP) is 3.00. The molecule has 0 heterocycles. The molecule has 3 nitrogen and oxygen atoms in total. The second-order valence-corrected chi connectivity index (χ2v) is 7.94. The van der Waals surface area contributed by atoms with Gasteiger partial charge in [-0.05, 0) is 44.9 Å². The standard InChI is InChI=1S/C16H25NO2S/c1-4-17-14-7-5-6-8-16(14)20(18,19)15-10-9-12(2)11-13(15)3/h9-11,14,16-17H,4-8H2,1-3H3. The number of hydrogen-bond donors (Lipinski definition) is 1. The number of aryl methyl sites for hydroxylation is 2. The minimum Gasteiger partial charge on any atom is -0.313 e. The van der Waals surface area contributed by atoms with Crippen molar-refractivity contribution in [3.05, 3.63) is 29.3 Å². The van der Waals surface area contributed by atoms with Gasteiger partial charge >= 0.3 is 0 Å². The first-order chi connectivity index (χ1) is 9.46. The quantitative estimate of drug-likeness (QED) is 0.929. The molecule has 0 radical (unpaired) electrons. The summed E-state index contributed by atoms with van der Waals surface area (Å²) in [4.78, 5) is 0.512. The third-order valence-corrected chi connectivity index (χ3v) is 6.64. The van der Waals surface area contributed by atoms with Gasteiger partial charge in [0.15, 0.2) is 9.84 Å². The van der Waals surface area contributed by atoms with E-state index in [9.17, 15) is 8.42 Å². The van der Waals surface area contributed by atoms with Crippen LogP contribution in [0.4, 0.5) is 0 Å². The van der Waals surface area contributed by atoms with E-state index in [1.807, 2.05) is 32.9 Å². The van der Waals surface area contributed by atoms with Gasteiger partial charge in [-0.15, -0.1) is 0 Å². The summed E-state index contributed by atoms with van der Waals surface area (Å²) in [6.07, 6.45) is 3.86. The van der Waals surface area contributed by atoms with Crippen molar-refractivity contribution in [1.82, 2.24) is 5.32 Å². The highest BCUT2D eigenvalue weighted by Gasteiger charge is 2.36. The molecule has 1 aromatic carbocycles. The lowest BCUT2D eigenvalue weighted by atomic mass is 9.95. The molecule has 0 aliphatic heterocycles. The number of rotatable bonds is 4. The van der Waals surface area contributed by atoms with Crippen molar-refractivity contribution in [2.75, 3.05) is 6.54 Å². The fourth-order valence-corrected chi connectivity index (χ4v) is 5.48. The van der Waals surface area contributed by atoms with Crippen LogP contribution >= 0.6 is 0 Å². The molecule has 4 heteroatoms. The van der Waals surface area contributed by atoms with Crippen LogP contribution in [0.3, 0.4) is 0 Å². The minimum absolute atomic E-state index is 0.0967. The molecule has 1 N–H and O–H groups in total. The Kier molecular flexibility index (Phi) is 4.86. The summed E-state index contributed by atoms with van der Waals surface area (Å²) in [6, 6.07) is 5.72. The van der Waals surface area contributed by atoms with E-state index in [1.165, 1.54) is 0 Å². The van der Waals surface area contributed by atoms with Gasteiger partial charge in [0.1, 0.15) is 0 Å². The number of nitrogens with one attached hydrogen (secondary N) is 1. The smallest absolute Gasteiger partial charge is 0.183 e. The molecular formula is C16H25NO2S. The maximum Gasteiger partial charge on any atom is 0.183 e. The van der Waals surface area contributed by atoms with E-state index < -0.39 is 9.84 Å². The second kappa shape index (κ2) is 6.27. The Balaban J connectivity index is 2.37. The van der Waals surface area contributed by atoms with Crippen molar-refractivity contribution >= 4 is 9.84 Å². The zero-order valence-corrected chi connectivity index (χ0v) is 13.5. The van der Waals surface area contributed by atoms with Crippen molar-refractivity contribution in [3.8, 4) is 0 Å². The Morgan fingerprint density at radius 2 is 1.90 bits per heavy atom. The molecule has 0 amide bonds. The van der Waals surface area contributed by atoms with Gasteiger partial charge in [-0.2, -0.15) is 0 Å². The molecule has 0 aromatic heterocycles. The maximum atomic E-state index is 13.0. The molecule has 112 valence electrons. The molecule has 2 rings (SSSR count). The van der Waals surface area contributed by atoms with Crippen LogP contribution in [0, 0.1) is 13.8 Å². The summed E-state index contributed by atoms with van der Waals surface area (Å²) >= 11 is 0. The first-order valence-corrected chi connectivity index (χ1v) is 9.06. The zero-order chi connectivity index (χ0) is 14.8. The van der Waals surface area contributed by atoms with Crippen LogP contribution in [0.2, 0.25) is 0 Å². The zero-order valence-electron chi connectivity index (χ0n) is 12.6. The van der Waals surface area contributed by atoms with Crippen molar-refractivity contribution in [2.24, 2.45) is 0 Å². The lowest BCUT2D eigenvalue weighted by molar-refractivity contribution is 0.376. The van der Waals surface area contributed by atoms with Gasteiger partial charge in [-0.25, -0.2) is 8.42 Å². The lowest BCUT2D eigenvalue weighted by Crippen LogP contribution is -2.46. The highest BCUT2D eigenvalue weighted by Crippen LogP contribution is 2.30. The predicted molar refractivity (Wildman–Crippen MR) is 82.8 cm³/mol. The Bertz CT molecular complexity index is 564. The van der Waals surface area contributed by atoms with Crippen LogP contribution in [0.15, 0.2) is 23.1 Å². The topological polar surface area (TPSA) is 46.2 Å². The third kappa shape index (κ3) is 3.07. The Hall–Kier alpha value is -0.870. The molecule has 0 spiro atoms. The fourth-order valence-electron chi connectivity index (χ4n) is 3.25. The molecule has 2 unspecified atom stereocenters. The number of hydrogen-bond acceptors (Lipinski definition) is 3. The van der Waals surface area contributed by atoms with Gasteiger partial charge in [-0.3, -0.25) is 0 Å². The summed E-state index contributed by atoms with van der Waals surface area (Å²) in [5.41, 5.74) is 1.97. The van der Waals surface area contributed by atoms with Gasteiger partial charge in [-0.1, -0.05) is 37.5 Å². The van der Waals surface area contributed by atoms with Gasteiger partial charge < -0.3 is 5.32 Å². The molecular weight excluding hydrogens is 270 g/mol. The molecule has 1 aliphatic rings. The highest BCUT2D eigenvalue weighted by atomic mass is 32.2. The molecule has 1 fully saturated rings. The van der Waals surface area contributed by atoms with Crippen molar-refractivity contribution in [1.29, 1.82) is 0 Å². The SMILES string of the molecule is CCNC1CCCCC1S(=O)(=O)c1ccc(C)cc1C. The van der Waals surface area contributed by atoms with E-state index >= 15 is 0 Å². The Morgan fingerprint density at radius 3 is 2.55 bits per heavy atom. The normalized spacial score (nSPS) is 23.8. The first-order valence-electron chi connectivity index (χ1n) is 7.51. The minimum atomic E-state index is -3.24. The van der Waals surface area contributed by atoms with Gasteiger partial charge in [0, 0.05) is 6.04 Å². The summed E-state index contributed by atoms with van der Waals surface area (Å²) in [5.74, 6) is 0. The highest BCUT2D eigenvalue weighted by molar-refractivity contribution is 7.92. The lowest BCUT2D eigenvalue weighted by Gasteiger charge is -2.32. The second-order valence-electron chi connectivity index (χ2n) is 5.80. The molecule has 1 aromatic rings. The van der Waals surface area contributed by atoms with Crippen LogP contribution in [0.5, 0.6) is 0 Å². The molecule has 0 bridgehead atoms. The molecule has 0 saturated heterocycles. The van der Waals surface area contributed by atoms with E-state index in [1.54, 1.807) is 6.07 Å². The van der Waals surface area contributed by atoms with Gasteiger partial charge in [0.25, 0.3) is 0 Å². The maximum absolute atomic E-state index is 13.0.